The zero-order chi connectivity index (χ0) is 24.7. The quantitative estimate of drug-likeness (QED) is 0.354. The molecule has 5 fully saturated rings. The Morgan fingerprint density at radius 1 is 0.912 bits per heavy atom. The van der Waals surface area contributed by atoms with Crippen LogP contribution in [0.5, 0.6) is 0 Å². The second-order valence-corrected chi connectivity index (χ2v) is 15.3. The lowest BCUT2D eigenvalue weighted by Gasteiger charge is -2.71. The van der Waals surface area contributed by atoms with Crippen molar-refractivity contribution in [2.24, 2.45) is 50.2 Å². The molecule has 10 unspecified atom stereocenters. The van der Waals surface area contributed by atoms with Crippen molar-refractivity contribution >= 4 is 5.97 Å². The Morgan fingerprint density at radius 2 is 1.62 bits per heavy atom. The van der Waals surface area contributed by atoms with Gasteiger partial charge in [0.05, 0.1) is 6.10 Å². The summed E-state index contributed by atoms with van der Waals surface area (Å²) in [5, 5.41) is 22.8. The molecular weight excluding hydrogens is 424 g/mol. The van der Waals surface area contributed by atoms with Gasteiger partial charge in [-0.15, -0.1) is 0 Å². The van der Waals surface area contributed by atoms with Crippen LogP contribution >= 0.6 is 0 Å². The van der Waals surface area contributed by atoms with Crippen molar-refractivity contribution in [3.05, 3.63) is 11.6 Å². The smallest absolute Gasteiger partial charge is 0.315 e. The number of allylic oxidation sites excluding steroid dienone is 1. The number of rotatable bonds is 0. The number of aliphatic hydroxyl groups is 2. The minimum Gasteiger partial charge on any atom is -0.458 e. The molecule has 4 saturated carbocycles. The molecular formula is C30H46O4. The zero-order valence-electron chi connectivity index (χ0n) is 22.4. The third kappa shape index (κ3) is 2.37. The van der Waals surface area contributed by atoms with Crippen molar-refractivity contribution in [3.8, 4) is 0 Å². The van der Waals surface area contributed by atoms with E-state index in [0.29, 0.717) is 11.8 Å². The van der Waals surface area contributed by atoms with E-state index in [0.717, 1.165) is 51.4 Å². The molecule has 0 radical (unpaired) electrons. The molecule has 4 heteroatoms. The summed E-state index contributed by atoms with van der Waals surface area (Å²) in [7, 11) is 0. The molecule has 1 aliphatic heterocycles. The fourth-order valence-corrected chi connectivity index (χ4v) is 11.1. The van der Waals surface area contributed by atoms with Gasteiger partial charge < -0.3 is 14.9 Å². The van der Waals surface area contributed by atoms with Crippen LogP contribution in [-0.4, -0.2) is 34.5 Å². The van der Waals surface area contributed by atoms with Gasteiger partial charge in [0.1, 0.15) is 17.6 Å². The van der Waals surface area contributed by atoms with Gasteiger partial charge >= 0.3 is 5.97 Å². The molecule has 6 rings (SSSR count). The standard InChI is InChI=1S/C30H46O4/c1-25(2)14-15-30-18(16-25)17-8-9-20-27(5)12-11-21(31)26(3,4)19(27)10-13-28(20,6)29(17,7)23(22(30)32)34-24(30)33/h8,18-23,31-32H,9-16H2,1-7H3. The summed E-state index contributed by atoms with van der Waals surface area (Å²) in [6, 6.07) is 0. The Morgan fingerprint density at radius 3 is 2.32 bits per heavy atom. The molecule has 0 amide bonds. The maximum Gasteiger partial charge on any atom is 0.315 e. The monoisotopic (exact) mass is 470 g/mol. The molecule has 0 aromatic heterocycles. The fraction of sp³-hybridized carbons (Fsp3) is 0.900. The predicted molar refractivity (Wildman–Crippen MR) is 132 cm³/mol. The van der Waals surface area contributed by atoms with Crippen LogP contribution in [0.4, 0.5) is 0 Å². The van der Waals surface area contributed by atoms with Gasteiger partial charge in [0.25, 0.3) is 0 Å². The number of fused-ring (bicyclic) bond motifs is 8. The summed E-state index contributed by atoms with van der Waals surface area (Å²) < 4.78 is 6.27. The van der Waals surface area contributed by atoms with E-state index in [-0.39, 0.29) is 45.1 Å². The van der Waals surface area contributed by atoms with E-state index in [2.05, 4.69) is 54.5 Å². The first kappa shape index (κ1) is 23.5. The van der Waals surface area contributed by atoms with Gasteiger partial charge in [-0.2, -0.15) is 0 Å². The number of carbonyl (C=O) groups excluding carboxylic acids is 1. The Hall–Kier alpha value is -0.870. The van der Waals surface area contributed by atoms with Gasteiger partial charge in [-0.25, -0.2) is 0 Å². The van der Waals surface area contributed by atoms with Crippen LogP contribution in [0.1, 0.15) is 99.8 Å². The van der Waals surface area contributed by atoms with E-state index >= 15 is 0 Å². The van der Waals surface area contributed by atoms with Crippen molar-refractivity contribution < 1.29 is 19.7 Å². The highest BCUT2D eigenvalue weighted by molar-refractivity contribution is 5.83. The van der Waals surface area contributed by atoms with Crippen LogP contribution in [0.15, 0.2) is 11.6 Å². The number of carbonyl (C=O) groups is 1. The maximum absolute atomic E-state index is 13.6. The van der Waals surface area contributed by atoms with Gasteiger partial charge in [0, 0.05) is 5.41 Å². The molecule has 6 aliphatic rings. The molecule has 190 valence electrons. The van der Waals surface area contributed by atoms with Crippen molar-refractivity contribution in [2.45, 2.75) is 118 Å². The normalized spacial score (nSPS) is 56.9. The van der Waals surface area contributed by atoms with Gasteiger partial charge in [-0.05, 0) is 90.8 Å². The van der Waals surface area contributed by atoms with Crippen molar-refractivity contribution in [3.63, 3.8) is 0 Å². The lowest BCUT2D eigenvalue weighted by atomic mass is 9.33. The molecule has 10 atom stereocenters. The molecule has 0 aromatic rings. The highest BCUT2D eigenvalue weighted by Crippen LogP contribution is 2.77. The highest BCUT2D eigenvalue weighted by atomic mass is 16.6. The van der Waals surface area contributed by atoms with E-state index in [1.54, 1.807) is 0 Å². The Kier molecular flexibility index (Phi) is 4.51. The summed E-state index contributed by atoms with van der Waals surface area (Å²) in [5.74, 6) is 0.877. The second kappa shape index (κ2) is 6.52. The number of esters is 1. The first-order chi connectivity index (χ1) is 15.7. The molecule has 34 heavy (non-hydrogen) atoms. The van der Waals surface area contributed by atoms with Crippen LogP contribution in [0.3, 0.4) is 0 Å². The van der Waals surface area contributed by atoms with E-state index in [1.807, 2.05) is 0 Å². The average Bonchev–Trinajstić information content (AvgIpc) is 2.95. The zero-order valence-corrected chi connectivity index (χ0v) is 22.4. The molecule has 1 heterocycles. The SMILES string of the molecule is CC1(C)CCC23C(=O)OC(C2O)C2(C)C(=CCC4C5(C)CCC(O)C(C)(C)C5CCC42C)C3C1. The molecule has 2 N–H and O–H groups in total. The number of hydrogen-bond donors (Lipinski definition) is 2. The Labute approximate surface area is 205 Å². The summed E-state index contributed by atoms with van der Waals surface area (Å²) >= 11 is 0. The third-order valence-corrected chi connectivity index (χ3v) is 13.4. The predicted octanol–water partition coefficient (Wildman–Crippen LogP) is 5.66. The summed E-state index contributed by atoms with van der Waals surface area (Å²) in [4.78, 5) is 13.6. The van der Waals surface area contributed by atoms with E-state index in [1.165, 1.54) is 5.57 Å². The van der Waals surface area contributed by atoms with E-state index < -0.39 is 17.6 Å². The summed E-state index contributed by atoms with van der Waals surface area (Å²) in [5.41, 5.74) is 0.493. The van der Waals surface area contributed by atoms with Gasteiger partial charge in [-0.3, -0.25) is 4.79 Å². The molecule has 0 aromatic carbocycles. The minimum atomic E-state index is -0.743. The Bertz CT molecular complexity index is 965. The van der Waals surface area contributed by atoms with E-state index in [4.69, 9.17) is 4.74 Å². The highest BCUT2D eigenvalue weighted by Gasteiger charge is 2.78. The first-order valence-electron chi connectivity index (χ1n) is 13.9. The second-order valence-electron chi connectivity index (χ2n) is 15.3. The molecule has 4 nitrogen and oxygen atoms in total. The molecule has 2 bridgehead atoms. The number of hydrogen-bond acceptors (Lipinski definition) is 4. The minimum absolute atomic E-state index is 0.0509. The van der Waals surface area contributed by atoms with Gasteiger partial charge in [-0.1, -0.05) is 60.1 Å². The first-order valence-corrected chi connectivity index (χ1v) is 13.9. The molecule has 1 spiro atoms. The van der Waals surface area contributed by atoms with Crippen molar-refractivity contribution in [1.82, 2.24) is 0 Å². The lowest BCUT2D eigenvalue weighted by Crippen LogP contribution is -2.69. The molecule has 1 saturated heterocycles. The third-order valence-electron chi connectivity index (χ3n) is 13.4. The largest absolute Gasteiger partial charge is 0.458 e. The van der Waals surface area contributed by atoms with Crippen molar-refractivity contribution in [2.75, 3.05) is 0 Å². The van der Waals surface area contributed by atoms with Crippen LogP contribution in [-0.2, 0) is 9.53 Å². The lowest BCUT2D eigenvalue weighted by molar-refractivity contribution is -0.224. The summed E-state index contributed by atoms with van der Waals surface area (Å²) in [6.45, 7) is 16.5. The topological polar surface area (TPSA) is 66.8 Å². The average molecular weight is 471 g/mol. The van der Waals surface area contributed by atoms with Gasteiger partial charge in [0.15, 0.2) is 0 Å². The fourth-order valence-electron chi connectivity index (χ4n) is 11.1. The Balaban J connectivity index is 1.51. The van der Waals surface area contributed by atoms with Gasteiger partial charge in [0.2, 0.25) is 0 Å². The van der Waals surface area contributed by atoms with Crippen LogP contribution in [0.25, 0.3) is 0 Å². The van der Waals surface area contributed by atoms with E-state index in [9.17, 15) is 15.0 Å². The number of aliphatic hydroxyl groups excluding tert-OH is 2. The van der Waals surface area contributed by atoms with Crippen LogP contribution in [0.2, 0.25) is 0 Å². The van der Waals surface area contributed by atoms with Crippen molar-refractivity contribution in [1.29, 1.82) is 0 Å². The van der Waals surface area contributed by atoms with Crippen LogP contribution in [0, 0.1) is 50.2 Å². The van der Waals surface area contributed by atoms with Crippen LogP contribution < -0.4 is 0 Å². The summed E-state index contributed by atoms with van der Waals surface area (Å²) in [6.07, 6.45) is 8.88. The number of ether oxygens (including phenoxy) is 1. The molecule has 5 aliphatic carbocycles. The maximum atomic E-state index is 13.6.